The summed E-state index contributed by atoms with van der Waals surface area (Å²) in [6.45, 7) is 5.84. The number of rotatable bonds is 7. The zero-order valence-electron chi connectivity index (χ0n) is 19.5. The molecule has 1 fully saturated rings. The van der Waals surface area contributed by atoms with Crippen molar-refractivity contribution < 1.29 is 32.2 Å². The van der Waals surface area contributed by atoms with E-state index in [-0.39, 0.29) is 42.9 Å². The number of fused-ring (bicyclic) bond motifs is 1. The maximum atomic E-state index is 13.5. The molecule has 0 unspecified atom stereocenters. The minimum Gasteiger partial charge on any atom is -0.462 e. The molecular weight excluding hydrogens is 462 g/mol. The van der Waals surface area contributed by atoms with Crippen molar-refractivity contribution in [3.63, 3.8) is 0 Å². The van der Waals surface area contributed by atoms with Gasteiger partial charge in [-0.25, -0.2) is 13.2 Å². The van der Waals surface area contributed by atoms with Gasteiger partial charge in [-0.15, -0.1) is 0 Å². The Morgan fingerprint density at radius 1 is 1.21 bits per heavy atom. The Balaban J connectivity index is 1.47. The molecule has 1 aromatic heterocycles. The van der Waals surface area contributed by atoms with Crippen molar-refractivity contribution in [1.29, 1.82) is 0 Å². The minimum atomic E-state index is -4.02. The molecule has 2 N–H and O–H groups in total. The molecule has 1 aromatic carbocycles. The summed E-state index contributed by atoms with van der Waals surface area (Å²) in [4.78, 5) is 28.2. The molecule has 3 heterocycles. The van der Waals surface area contributed by atoms with E-state index >= 15 is 0 Å². The summed E-state index contributed by atoms with van der Waals surface area (Å²) in [5.74, 6) is -0.0936. The summed E-state index contributed by atoms with van der Waals surface area (Å²) in [6.07, 6.45) is 1.12. The molecule has 0 bridgehead atoms. The van der Waals surface area contributed by atoms with Crippen LogP contribution in [0.15, 0.2) is 23.1 Å². The zero-order chi connectivity index (χ0) is 24.5. The first kappa shape index (κ1) is 24.1. The van der Waals surface area contributed by atoms with Gasteiger partial charge in [0.25, 0.3) is 0 Å². The molecule has 0 saturated carbocycles. The summed E-state index contributed by atoms with van der Waals surface area (Å²) in [6, 6.07) is 5.45. The Hall–Kier alpha value is -3.05. The van der Waals surface area contributed by atoms with Gasteiger partial charge in [-0.3, -0.25) is 4.79 Å². The summed E-state index contributed by atoms with van der Waals surface area (Å²) in [5, 5.41) is 2.90. The average Bonchev–Trinajstić information content (AvgIpc) is 3.40. The van der Waals surface area contributed by atoms with Crippen LogP contribution in [0.5, 0.6) is 11.5 Å². The zero-order valence-corrected chi connectivity index (χ0v) is 20.3. The number of carbonyl (C=O) groups excluding carboxylic acids is 2. The first-order valence-corrected chi connectivity index (χ1v) is 12.7. The first-order valence-electron chi connectivity index (χ1n) is 11.2. The van der Waals surface area contributed by atoms with E-state index in [2.05, 4.69) is 10.3 Å². The van der Waals surface area contributed by atoms with E-state index in [0.29, 0.717) is 42.3 Å². The van der Waals surface area contributed by atoms with Crippen LogP contribution >= 0.6 is 0 Å². The van der Waals surface area contributed by atoms with E-state index in [1.54, 1.807) is 26.8 Å². The Morgan fingerprint density at radius 2 is 1.97 bits per heavy atom. The average molecular weight is 492 g/mol. The highest BCUT2D eigenvalue weighted by Crippen LogP contribution is 2.33. The summed E-state index contributed by atoms with van der Waals surface area (Å²) in [7, 11) is -4.02. The molecule has 4 rings (SSSR count). The van der Waals surface area contributed by atoms with E-state index in [0.717, 1.165) is 5.56 Å². The number of esters is 1. The quantitative estimate of drug-likeness (QED) is 0.569. The lowest BCUT2D eigenvalue weighted by molar-refractivity contribution is -0.126. The van der Waals surface area contributed by atoms with Gasteiger partial charge < -0.3 is 24.5 Å². The molecule has 2 aromatic rings. The van der Waals surface area contributed by atoms with Crippen LogP contribution < -0.4 is 14.8 Å². The molecule has 2 aliphatic rings. The molecule has 11 heteroatoms. The van der Waals surface area contributed by atoms with E-state index in [9.17, 15) is 18.0 Å². The molecule has 0 aliphatic carbocycles. The van der Waals surface area contributed by atoms with Gasteiger partial charge in [0.2, 0.25) is 22.7 Å². The number of aromatic nitrogens is 1. The third-order valence-corrected chi connectivity index (χ3v) is 8.09. The van der Waals surface area contributed by atoms with Gasteiger partial charge in [-0.2, -0.15) is 4.31 Å². The second-order valence-electron chi connectivity index (χ2n) is 8.41. The number of amides is 1. The number of piperidine rings is 1. The summed E-state index contributed by atoms with van der Waals surface area (Å²) < 4.78 is 44.1. The Labute approximate surface area is 198 Å². The van der Waals surface area contributed by atoms with E-state index in [4.69, 9.17) is 14.2 Å². The topological polar surface area (TPSA) is 127 Å². The highest BCUT2D eigenvalue weighted by atomic mass is 32.2. The van der Waals surface area contributed by atoms with Crippen LogP contribution in [0.3, 0.4) is 0 Å². The molecule has 1 atom stereocenters. The van der Waals surface area contributed by atoms with Crippen LogP contribution in [0.2, 0.25) is 0 Å². The fourth-order valence-corrected chi connectivity index (χ4v) is 6.35. The lowest BCUT2D eigenvalue weighted by Gasteiger charge is -2.31. The molecule has 0 radical (unpaired) electrons. The highest BCUT2D eigenvalue weighted by molar-refractivity contribution is 7.89. The lowest BCUT2D eigenvalue weighted by Crippen LogP contribution is -2.45. The van der Waals surface area contributed by atoms with Crippen molar-refractivity contribution in [2.75, 3.05) is 26.5 Å². The van der Waals surface area contributed by atoms with Crippen molar-refractivity contribution in [2.24, 2.45) is 5.92 Å². The third kappa shape index (κ3) is 4.62. The molecular formula is C23H29N3O7S. The number of H-pyrrole nitrogens is 1. The Bertz CT molecular complexity index is 1210. The highest BCUT2D eigenvalue weighted by Gasteiger charge is 2.38. The van der Waals surface area contributed by atoms with Crippen LogP contribution in [-0.4, -0.2) is 56.1 Å². The fourth-order valence-electron chi connectivity index (χ4n) is 4.42. The van der Waals surface area contributed by atoms with Crippen molar-refractivity contribution >= 4 is 21.9 Å². The lowest BCUT2D eigenvalue weighted by atomic mass is 9.98. The van der Waals surface area contributed by atoms with Crippen molar-refractivity contribution in [1.82, 2.24) is 14.6 Å². The molecule has 0 spiro atoms. The standard InChI is InChI=1S/C23H29N3O7S/c1-4-31-23(28)20-14(2)25-15(3)21(20)34(29,30)26-9-5-6-17(12-26)22(27)24-11-16-7-8-18-19(10-16)33-13-32-18/h7-8,10,17,25H,4-6,9,11-13H2,1-3H3,(H,24,27)/t17-/m1/s1. The normalized spacial score (nSPS) is 18.0. The largest absolute Gasteiger partial charge is 0.462 e. The predicted molar refractivity (Wildman–Crippen MR) is 122 cm³/mol. The number of nitrogens with one attached hydrogen (secondary N) is 2. The number of ether oxygens (including phenoxy) is 3. The van der Waals surface area contributed by atoms with Crippen molar-refractivity contribution in [2.45, 2.75) is 45.1 Å². The maximum Gasteiger partial charge on any atom is 0.341 e. The van der Waals surface area contributed by atoms with Gasteiger partial charge in [0.15, 0.2) is 11.5 Å². The monoisotopic (exact) mass is 491 g/mol. The van der Waals surface area contributed by atoms with E-state index < -0.39 is 21.9 Å². The number of sulfonamides is 1. The van der Waals surface area contributed by atoms with Crippen LogP contribution in [0.25, 0.3) is 0 Å². The first-order chi connectivity index (χ1) is 16.2. The molecule has 1 saturated heterocycles. The molecule has 10 nitrogen and oxygen atoms in total. The Morgan fingerprint density at radius 3 is 2.74 bits per heavy atom. The second-order valence-corrected chi connectivity index (χ2v) is 10.3. The molecule has 184 valence electrons. The van der Waals surface area contributed by atoms with Crippen LogP contribution in [0.4, 0.5) is 0 Å². The van der Waals surface area contributed by atoms with E-state index in [1.165, 1.54) is 4.31 Å². The number of hydrogen-bond acceptors (Lipinski definition) is 7. The van der Waals surface area contributed by atoms with Crippen LogP contribution in [0.1, 0.15) is 47.1 Å². The molecule has 1 amide bonds. The number of nitrogens with zero attached hydrogens (tertiary/aromatic N) is 1. The number of aryl methyl sites for hydroxylation is 2. The van der Waals surface area contributed by atoms with Crippen LogP contribution in [0, 0.1) is 19.8 Å². The minimum absolute atomic E-state index is 0.0220. The van der Waals surface area contributed by atoms with Gasteiger partial charge in [-0.05, 0) is 51.3 Å². The molecule has 34 heavy (non-hydrogen) atoms. The van der Waals surface area contributed by atoms with Gasteiger partial charge in [0.1, 0.15) is 10.5 Å². The van der Waals surface area contributed by atoms with Crippen LogP contribution in [-0.2, 0) is 26.1 Å². The van der Waals surface area contributed by atoms with Gasteiger partial charge in [-0.1, -0.05) is 6.07 Å². The van der Waals surface area contributed by atoms with Gasteiger partial charge >= 0.3 is 5.97 Å². The SMILES string of the molecule is CCOC(=O)c1c(C)[nH]c(C)c1S(=O)(=O)N1CCC[C@@H](C(=O)NCc2ccc3c(c2)OCO3)C1. The van der Waals surface area contributed by atoms with Crippen molar-refractivity contribution in [3.8, 4) is 11.5 Å². The number of hydrogen-bond donors (Lipinski definition) is 2. The smallest absolute Gasteiger partial charge is 0.341 e. The summed E-state index contributed by atoms with van der Waals surface area (Å²) in [5.41, 5.74) is 1.68. The van der Waals surface area contributed by atoms with Crippen molar-refractivity contribution in [3.05, 3.63) is 40.7 Å². The third-order valence-electron chi connectivity index (χ3n) is 6.05. The molecule has 2 aliphatic heterocycles. The van der Waals surface area contributed by atoms with Gasteiger partial charge in [0.05, 0.1) is 12.5 Å². The number of carbonyl (C=O) groups is 2. The fraction of sp³-hybridized carbons (Fsp3) is 0.478. The van der Waals surface area contributed by atoms with Gasteiger partial charge in [0, 0.05) is 31.0 Å². The number of benzene rings is 1. The van der Waals surface area contributed by atoms with E-state index in [1.807, 2.05) is 12.1 Å². The number of aromatic amines is 1. The second kappa shape index (κ2) is 9.67. The summed E-state index contributed by atoms with van der Waals surface area (Å²) >= 11 is 0. The maximum absolute atomic E-state index is 13.5. The predicted octanol–water partition coefficient (Wildman–Crippen LogP) is 2.25. The Kier molecular flexibility index (Phi) is 6.85.